The summed E-state index contributed by atoms with van der Waals surface area (Å²) >= 11 is -0.296. The van der Waals surface area contributed by atoms with Gasteiger partial charge >= 0.3 is 101 Å². The van der Waals surface area contributed by atoms with Crippen LogP contribution in [0.4, 0.5) is 0 Å². The van der Waals surface area contributed by atoms with Gasteiger partial charge in [-0.3, -0.25) is 0 Å². The Morgan fingerprint density at radius 3 is 1.93 bits per heavy atom. The molecule has 0 aliphatic carbocycles. The summed E-state index contributed by atoms with van der Waals surface area (Å²) in [7, 11) is 0. The normalized spacial score (nSPS) is 9.87. The van der Waals surface area contributed by atoms with E-state index in [1.165, 1.54) is 12.8 Å². The molecule has 0 spiro atoms. The maximum absolute atomic E-state index is 4.18. The van der Waals surface area contributed by atoms with E-state index in [-0.39, 0.29) is 20.9 Å². The van der Waals surface area contributed by atoms with Crippen LogP contribution >= 0.6 is 0 Å². The quantitative estimate of drug-likeness (QED) is 0.765. The minimum atomic E-state index is -0.296. The Morgan fingerprint density at radius 2 is 1.33 bits per heavy atom. The summed E-state index contributed by atoms with van der Waals surface area (Å²) in [6, 6.07) is 21.1. The first kappa shape index (κ1) is 10.5. The third-order valence-electron chi connectivity index (χ3n) is 2.08. The number of rotatable bonds is 3. The maximum atomic E-state index is 4.18. The molecule has 0 unspecified atom stereocenters. The molecule has 0 fully saturated rings. The Morgan fingerprint density at radius 1 is 0.800 bits per heavy atom. The molecule has 0 heterocycles. The second-order valence-corrected chi connectivity index (χ2v) is 6.54. The zero-order chi connectivity index (χ0) is 10.5. The Balaban J connectivity index is 2.12. The molecule has 0 amide bonds. The molecule has 0 aliphatic heterocycles. The summed E-state index contributed by atoms with van der Waals surface area (Å²) in [6.07, 6.45) is 0. The molecule has 2 rings (SSSR count). The van der Waals surface area contributed by atoms with Crippen LogP contribution in [0.5, 0.6) is 0 Å². The molecule has 0 radical (unpaired) electrons. The van der Waals surface area contributed by atoms with Crippen LogP contribution in [-0.2, 0) is 0 Å². The summed E-state index contributed by atoms with van der Waals surface area (Å²) < 4.78 is 2.74. The molecule has 0 nitrogen and oxygen atoms in total. The van der Waals surface area contributed by atoms with Crippen LogP contribution in [0, 0.1) is 0 Å². The van der Waals surface area contributed by atoms with Gasteiger partial charge in [-0.15, -0.1) is 0 Å². The molecule has 0 N–H and O–H groups in total. The van der Waals surface area contributed by atoms with Crippen molar-refractivity contribution in [3.05, 3.63) is 72.8 Å². The topological polar surface area (TPSA) is 0 Å². The standard InChI is InChI=1S/C14H12Te/c1-12(13-8-4-2-5-9-13)15-14-10-6-3-7-11-14/h2-11H,1H2. The van der Waals surface area contributed by atoms with E-state index >= 15 is 0 Å². The van der Waals surface area contributed by atoms with Crippen molar-refractivity contribution in [1.29, 1.82) is 0 Å². The number of benzene rings is 2. The number of hydrogen-bond acceptors (Lipinski definition) is 0. The zero-order valence-corrected chi connectivity index (χ0v) is 10.7. The van der Waals surface area contributed by atoms with Crippen LogP contribution in [-0.4, -0.2) is 20.9 Å². The van der Waals surface area contributed by atoms with Crippen LogP contribution in [0.15, 0.2) is 67.2 Å². The van der Waals surface area contributed by atoms with E-state index in [1.807, 2.05) is 6.07 Å². The van der Waals surface area contributed by atoms with Crippen molar-refractivity contribution in [1.82, 2.24) is 0 Å². The Kier molecular flexibility index (Phi) is 3.61. The van der Waals surface area contributed by atoms with Gasteiger partial charge in [-0.1, -0.05) is 0 Å². The van der Waals surface area contributed by atoms with Gasteiger partial charge in [0.25, 0.3) is 0 Å². The zero-order valence-electron chi connectivity index (χ0n) is 8.39. The number of hydrogen-bond donors (Lipinski definition) is 0. The predicted molar refractivity (Wildman–Crippen MR) is 67.3 cm³/mol. The monoisotopic (exact) mass is 310 g/mol. The van der Waals surface area contributed by atoms with Crippen LogP contribution in [0.3, 0.4) is 0 Å². The molecule has 15 heavy (non-hydrogen) atoms. The van der Waals surface area contributed by atoms with Crippen molar-refractivity contribution in [3.63, 3.8) is 0 Å². The van der Waals surface area contributed by atoms with Crippen molar-refractivity contribution < 1.29 is 0 Å². The van der Waals surface area contributed by atoms with Gasteiger partial charge in [0.2, 0.25) is 0 Å². The van der Waals surface area contributed by atoms with Gasteiger partial charge in [-0.2, -0.15) is 0 Å². The average Bonchev–Trinajstić information content (AvgIpc) is 2.31. The third-order valence-corrected chi connectivity index (χ3v) is 4.91. The fraction of sp³-hybridized carbons (Fsp3) is 0. The predicted octanol–water partition coefficient (Wildman–Crippen LogP) is 2.69. The van der Waals surface area contributed by atoms with E-state index in [0.717, 1.165) is 0 Å². The third kappa shape index (κ3) is 2.96. The Bertz CT molecular complexity index is 431. The first-order valence-electron chi connectivity index (χ1n) is 4.83. The molecule has 0 saturated carbocycles. The Hall–Kier alpha value is -1.03. The van der Waals surface area contributed by atoms with Gasteiger partial charge in [0.05, 0.1) is 0 Å². The second-order valence-electron chi connectivity index (χ2n) is 3.20. The van der Waals surface area contributed by atoms with Gasteiger partial charge in [0.15, 0.2) is 0 Å². The molecule has 0 saturated heterocycles. The molecule has 0 atom stereocenters. The molecular formula is C14H12Te. The fourth-order valence-electron chi connectivity index (χ4n) is 1.31. The van der Waals surface area contributed by atoms with E-state index in [1.54, 1.807) is 0 Å². The summed E-state index contributed by atoms with van der Waals surface area (Å²) in [4.78, 5) is 0. The van der Waals surface area contributed by atoms with E-state index < -0.39 is 0 Å². The summed E-state index contributed by atoms with van der Waals surface area (Å²) in [5.41, 5.74) is 1.28. The van der Waals surface area contributed by atoms with Gasteiger partial charge < -0.3 is 0 Å². The molecule has 1 heteroatoms. The van der Waals surface area contributed by atoms with Crippen LogP contribution in [0.1, 0.15) is 5.56 Å². The molecule has 2 aromatic carbocycles. The van der Waals surface area contributed by atoms with Crippen LogP contribution < -0.4 is 3.61 Å². The van der Waals surface area contributed by atoms with Crippen LogP contribution in [0.25, 0.3) is 3.62 Å². The van der Waals surface area contributed by atoms with Gasteiger partial charge in [-0.25, -0.2) is 0 Å². The van der Waals surface area contributed by atoms with Crippen molar-refractivity contribution in [2.75, 3.05) is 0 Å². The van der Waals surface area contributed by atoms with E-state index in [4.69, 9.17) is 0 Å². The molecule has 0 aliphatic rings. The summed E-state index contributed by atoms with van der Waals surface area (Å²) in [6.45, 7) is 4.18. The second kappa shape index (κ2) is 5.16. The van der Waals surface area contributed by atoms with Gasteiger partial charge in [0, 0.05) is 0 Å². The van der Waals surface area contributed by atoms with Gasteiger partial charge in [-0.05, 0) is 0 Å². The first-order valence-corrected chi connectivity index (χ1v) is 7.16. The van der Waals surface area contributed by atoms with Crippen molar-refractivity contribution in [3.8, 4) is 0 Å². The Labute approximate surface area is 101 Å². The van der Waals surface area contributed by atoms with Crippen molar-refractivity contribution >= 4 is 28.2 Å². The van der Waals surface area contributed by atoms with E-state index in [2.05, 4.69) is 61.2 Å². The average molecular weight is 308 g/mol. The molecular weight excluding hydrogens is 296 g/mol. The summed E-state index contributed by atoms with van der Waals surface area (Å²) in [5.74, 6) is 0. The first-order chi connectivity index (χ1) is 7.36. The van der Waals surface area contributed by atoms with E-state index in [9.17, 15) is 0 Å². The summed E-state index contributed by atoms with van der Waals surface area (Å²) in [5, 5.41) is 0. The van der Waals surface area contributed by atoms with Crippen LogP contribution in [0.2, 0.25) is 0 Å². The SMILES string of the molecule is C=C([Te]c1ccccc1)c1ccccc1. The molecule has 0 bridgehead atoms. The van der Waals surface area contributed by atoms with Crippen molar-refractivity contribution in [2.45, 2.75) is 0 Å². The van der Waals surface area contributed by atoms with Crippen molar-refractivity contribution in [2.24, 2.45) is 0 Å². The van der Waals surface area contributed by atoms with E-state index in [0.29, 0.717) is 0 Å². The molecule has 74 valence electrons. The minimum absolute atomic E-state index is 0.296. The fourth-order valence-corrected chi connectivity index (χ4v) is 3.69. The molecule has 0 aromatic heterocycles. The van der Waals surface area contributed by atoms with Gasteiger partial charge in [0.1, 0.15) is 0 Å². The molecule has 2 aromatic rings.